The van der Waals surface area contributed by atoms with Gasteiger partial charge in [0.05, 0.1) is 25.3 Å². The lowest BCUT2D eigenvalue weighted by molar-refractivity contribution is -0.115. The van der Waals surface area contributed by atoms with Crippen LogP contribution in [0.3, 0.4) is 0 Å². The van der Waals surface area contributed by atoms with Crippen LogP contribution in [0.4, 0.5) is 0 Å². The van der Waals surface area contributed by atoms with Crippen LogP contribution in [0.2, 0.25) is 0 Å². The van der Waals surface area contributed by atoms with E-state index in [1.54, 1.807) is 0 Å². The van der Waals surface area contributed by atoms with Crippen LogP contribution in [0.25, 0.3) is 0 Å². The van der Waals surface area contributed by atoms with Gasteiger partial charge in [-0.2, -0.15) is 0 Å². The number of rotatable bonds is 2. The first-order valence-electron chi connectivity index (χ1n) is 7.95. The standard InChI is InChI=1S/C18H18Br2N2O2/c19-13-5-1-11(2-6-13)17-21-15-10-24-18(22-16(15)9-23-17)12-3-7-14(20)8-4-12/h1-8,15-18,21-22H,9-10H2/t15-,16-,17-,18-/m0/s1. The summed E-state index contributed by atoms with van der Waals surface area (Å²) in [6, 6.07) is 16.9. The second-order valence-electron chi connectivity index (χ2n) is 6.08. The van der Waals surface area contributed by atoms with Crippen LogP contribution in [0.5, 0.6) is 0 Å². The molecule has 2 aromatic rings. The second kappa shape index (κ2) is 7.23. The molecular weight excluding hydrogens is 436 g/mol. The molecule has 0 aliphatic carbocycles. The lowest BCUT2D eigenvalue weighted by Crippen LogP contribution is -2.62. The van der Waals surface area contributed by atoms with E-state index < -0.39 is 0 Å². The highest BCUT2D eigenvalue weighted by molar-refractivity contribution is 9.10. The van der Waals surface area contributed by atoms with Crippen molar-refractivity contribution in [1.29, 1.82) is 0 Å². The maximum absolute atomic E-state index is 6.02. The van der Waals surface area contributed by atoms with Gasteiger partial charge in [0.2, 0.25) is 0 Å². The van der Waals surface area contributed by atoms with Crippen molar-refractivity contribution in [3.05, 3.63) is 68.6 Å². The zero-order chi connectivity index (χ0) is 16.5. The summed E-state index contributed by atoms with van der Waals surface area (Å²) in [4.78, 5) is 0. The Morgan fingerprint density at radius 1 is 0.667 bits per heavy atom. The molecule has 2 heterocycles. The number of fused-ring (bicyclic) bond motifs is 1. The SMILES string of the molecule is Brc1ccc([C@H]2N[C@H]3CO[C@@H](c4ccc(Br)cc4)N[C@H]3CO2)cc1. The van der Waals surface area contributed by atoms with Gasteiger partial charge in [-0.15, -0.1) is 0 Å². The molecule has 0 saturated carbocycles. The fraction of sp³-hybridized carbons (Fsp3) is 0.333. The van der Waals surface area contributed by atoms with Crippen molar-refractivity contribution in [3.63, 3.8) is 0 Å². The fourth-order valence-corrected chi connectivity index (χ4v) is 3.63. The molecule has 0 bridgehead atoms. The van der Waals surface area contributed by atoms with Gasteiger partial charge in [-0.1, -0.05) is 56.1 Å². The summed E-state index contributed by atoms with van der Waals surface area (Å²) < 4.78 is 14.2. The Balaban J connectivity index is 1.41. The zero-order valence-corrected chi connectivity index (χ0v) is 16.1. The molecule has 2 aromatic carbocycles. The van der Waals surface area contributed by atoms with Crippen LogP contribution in [0, 0.1) is 0 Å². The molecular formula is C18H18Br2N2O2. The molecule has 2 N–H and O–H groups in total. The minimum atomic E-state index is -0.0889. The van der Waals surface area contributed by atoms with Gasteiger partial charge in [-0.3, -0.25) is 10.6 Å². The monoisotopic (exact) mass is 452 g/mol. The zero-order valence-electron chi connectivity index (χ0n) is 12.9. The Morgan fingerprint density at radius 3 is 1.42 bits per heavy atom. The second-order valence-corrected chi connectivity index (χ2v) is 7.91. The Bertz CT molecular complexity index is 632. The van der Waals surface area contributed by atoms with Crippen molar-refractivity contribution < 1.29 is 9.47 Å². The van der Waals surface area contributed by atoms with Crippen LogP contribution >= 0.6 is 31.9 Å². The third kappa shape index (κ3) is 3.59. The average molecular weight is 454 g/mol. The smallest absolute Gasteiger partial charge is 0.134 e. The Kier molecular flexibility index (Phi) is 5.03. The van der Waals surface area contributed by atoms with Crippen molar-refractivity contribution in [3.8, 4) is 0 Å². The van der Waals surface area contributed by atoms with Crippen LogP contribution in [0.1, 0.15) is 23.6 Å². The maximum atomic E-state index is 6.02. The largest absolute Gasteiger partial charge is 0.357 e. The Hall–Kier alpha value is -0.760. The van der Waals surface area contributed by atoms with E-state index in [0.29, 0.717) is 13.2 Å². The van der Waals surface area contributed by atoms with E-state index in [-0.39, 0.29) is 24.5 Å². The minimum Gasteiger partial charge on any atom is -0.357 e. The molecule has 0 amide bonds. The van der Waals surface area contributed by atoms with Crippen LogP contribution in [0.15, 0.2) is 57.5 Å². The van der Waals surface area contributed by atoms with Crippen molar-refractivity contribution >= 4 is 31.9 Å². The van der Waals surface area contributed by atoms with E-state index in [0.717, 1.165) is 20.1 Å². The number of halogens is 2. The van der Waals surface area contributed by atoms with E-state index in [1.807, 2.05) is 24.3 Å². The minimum absolute atomic E-state index is 0.0889. The van der Waals surface area contributed by atoms with Gasteiger partial charge in [-0.25, -0.2) is 0 Å². The molecule has 0 spiro atoms. The number of hydrogen-bond acceptors (Lipinski definition) is 4. The highest BCUT2D eigenvalue weighted by atomic mass is 79.9. The van der Waals surface area contributed by atoms with E-state index in [4.69, 9.17) is 9.47 Å². The first-order valence-corrected chi connectivity index (χ1v) is 9.54. The summed E-state index contributed by atoms with van der Waals surface area (Å²) >= 11 is 6.93. The third-order valence-corrected chi connectivity index (χ3v) is 5.50. The van der Waals surface area contributed by atoms with Gasteiger partial charge in [0.25, 0.3) is 0 Å². The predicted molar refractivity (Wildman–Crippen MR) is 99.5 cm³/mol. The van der Waals surface area contributed by atoms with E-state index in [1.165, 1.54) is 0 Å². The topological polar surface area (TPSA) is 42.5 Å². The number of ether oxygens (including phenoxy) is 2. The van der Waals surface area contributed by atoms with Crippen LogP contribution in [-0.2, 0) is 9.47 Å². The molecule has 4 atom stereocenters. The highest BCUT2D eigenvalue weighted by Gasteiger charge is 2.37. The average Bonchev–Trinajstić information content (AvgIpc) is 2.62. The van der Waals surface area contributed by atoms with Crippen molar-refractivity contribution in [1.82, 2.24) is 10.6 Å². The molecule has 0 unspecified atom stereocenters. The van der Waals surface area contributed by atoms with E-state index in [9.17, 15) is 0 Å². The fourth-order valence-electron chi connectivity index (χ4n) is 3.11. The third-order valence-electron chi connectivity index (χ3n) is 4.45. The molecule has 2 aliphatic rings. The lowest BCUT2D eigenvalue weighted by atomic mass is 10.0. The summed E-state index contributed by atoms with van der Waals surface area (Å²) in [7, 11) is 0. The number of hydrogen-bond donors (Lipinski definition) is 2. The van der Waals surface area contributed by atoms with Gasteiger partial charge in [-0.05, 0) is 35.4 Å². The molecule has 6 heteroatoms. The summed E-state index contributed by atoms with van der Waals surface area (Å²) in [5, 5.41) is 7.08. The Labute approximate surface area is 158 Å². The van der Waals surface area contributed by atoms with Gasteiger partial charge >= 0.3 is 0 Å². The van der Waals surface area contributed by atoms with Crippen molar-refractivity contribution in [2.75, 3.05) is 13.2 Å². The van der Waals surface area contributed by atoms with Gasteiger partial charge in [0, 0.05) is 8.95 Å². The molecule has 2 aliphatic heterocycles. The molecule has 0 radical (unpaired) electrons. The summed E-state index contributed by atoms with van der Waals surface area (Å²) in [5.74, 6) is 0. The Morgan fingerprint density at radius 2 is 1.04 bits per heavy atom. The lowest BCUT2D eigenvalue weighted by Gasteiger charge is -2.43. The first-order chi connectivity index (χ1) is 11.7. The van der Waals surface area contributed by atoms with E-state index in [2.05, 4.69) is 66.8 Å². The number of nitrogens with one attached hydrogen (secondary N) is 2. The number of benzene rings is 2. The molecule has 24 heavy (non-hydrogen) atoms. The molecule has 2 fully saturated rings. The molecule has 4 rings (SSSR count). The molecule has 0 aromatic heterocycles. The predicted octanol–water partition coefficient (Wildman–Crippen LogP) is 3.89. The van der Waals surface area contributed by atoms with E-state index >= 15 is 0 Å². The molecule has 2 saturated heterocycles. The summed E-state index contributed by atoms with van der Waals surface area (Å²) in [6.45, 7) is 1.32. The maximum Gasteiger partial charge on any atom is 0.134 e. The highest BCUT2D eigenvalue weighted by Crippen LogP contribution is 2.28. The summed E-state index contributed by atoms with van der Waals surface area (Å²) in [6.07, 6.45) is -0.178. The van der Waals surface area contributed by atoms with Gasteiger partial charge in [0.1, 0.15) is 12.5 Å². The summed E-state index contributed by atoms with van der Waals surface area (Å²) in [5.41, 5.74) is 2.26. The van der Waals surface area contributed by atoms with Crippen molar-refractivity contribution in [2.24, 2.45) is 0 Å². The first kappa shape index (κ1) is 16.7. The molecule has 4 nitrogen and oxygen atoms in total. The quantitative estimate of drug-likeness (QED) is 0.723. The van der Waals surface area contributed by atoms with Crippen molar-refractivity contribution in [2.45, 2.75) is 24.5 Å². The normalized spacial score (nSPS) is 29.9. The van der Waals surface area contributed by atoms with Gasteiger partial charge in [0.15, 0.2) is 0 Å². The molecule has 126 valence electrons. The van der Waals surface area contributed by atoms with Crippen LogP contribution < -0.4 is 10.6 Å². The van der Waals surface area contributed by atoms with Crippen LogP contribution in [-0.4, -0.2) is 25.3 Å². The van der Waals surface area contributed by atoms with Gasteiger partial charge < -0.3 is 9.47 Å².